The molecule has 0 spiro atoms. The van der Waals surface area contributed by atoms with Gasteiger partial charge in [-0.2, -0.15) is 0 Å². The summed E-state index contributed by atoms with van der Waals surface area (Å²) in [6, 6.07) is 8.79. The van der Waals surface area contributed by atoms with Crippen LogP contribution in [-0.4, -0.2) is 44.4 Å². The number of benzene rings is 1. The Morgan fingerprint density at radius 2 is 2.04 bits per heavy atom. The van der Waals surface area contributed by atoms with Crippen LogP contribution in [0, 0.1) is 11.3 Å². The largest absolute Gasteiger partial charge is 0.493 e. The number of rotatable bonds is 4. The van der Waals surface area contributed by atoms with Gasteiger partial charge in [0.05, 0.1) is 12.7 Å². The monoisotopic (exact) mass is 499 g/mol. The van der Waals surface area contributed by atoms with Gasteiger partial charge in [0, 0.05) is 43.0 Å². The van der Waals surface area contributed by atoms with Gasteiger partial charge in [-0.05, 0) is 37.8 Å². The van der Waals surface area contributed by atoms with Crippen LogP contribution < -0.4 is 15.4 Å². The third kappa shape index (κ3) is 4.13. The molecule has 28 heavy (non-hydrogen) atoms. The predicted molar refractivity (Wildman–Crippen MR) is 124 cm³/mol. The normalized spacial score (nSPS) is 30.6. The molecule has 4 unspecified atom stereocenters. The van der Waals surface area contributed by atoms with Crippen molar-refractivity contribution in [2.45, 2.75) is 58.1 Å². The molecule has 3 aliphatic rings. The molecule has 4 rings (SSSR count). The second-order valence-corrected chi connectivity index (χ2v) is 8.63. The van der Waals surface area contributed by atoms with Gasteiger partial charge in [-0.3, -0.25) is 4.99 Å². The molecule has 2 aliphatic heterocycles. The predicted octanol–water partition coefficient (Wildman–Crippen LogP) is 3.93. The number of aliphatic imine (C=N–C) groups is 1. The number of guanidine groups is 1. The molecule has 2 heterocycles. The minimum atomic E-state index is 0. The van der Waals surface area contributed by atoms with E-state index in [2.05, 4.69) is 49.6 Å². The Labute approximate surface area is 186 Å². The van der Waals surface area contributed by atoms with Crippen LogP contribution >= 0.6 is 24.0 Å². The molecule has 2 fully saturated rings. The summed E-state index contributed by atoms with van der Waals surface area (Å²) in [5.41, 5.74) is 1.43. The molecule has 5 nitrogen and oxygen atoms in total. The van der Waals surface area contributed by atoms with Crippen LogP contribution in [-0.2, 0) is 4.74 Å². The van der Waals surface area contributed by atoms with E-state index in [1.54, 1.807) is 0 Å². The van der Waals surface area contributed by atoms with Crippen molar-refractivity contribution in [3.8, 4) is 5.75 Å². The fourth-order valence-electron chi connectivity index (χ4n) is 5.09. The molecular formula is C22H34IN3O2. The number of hydrogen-bond donors (Lipinski definition) is 2. The Bertz CT molecular complexity index is 694. The molecule has 2 N–H and O–H groups in total. The summed E-state index contributed by atoms with van der Waals surface area (Å²) < 4.78 is 11.8. The first kappa shape index (κ1) is 21.7. The summed E-state index contributed by atoms with van der Waals surface area (Å²) in [5, 5.41) is 7.18. The van der Waals surface area contributed by atoms with E-state index in [9.17, 15) is 0 Å². The Morgan fingerprint density at radius 3 is 2.86 bits per heavy atom. The number of halogens is 1. The zero-order valence-electron chi connectivity index (χ0n) is 17.2. The van der Waals surface area contributed by atoms with Gasteiger partial charge in [0.1, 0.15) is 5.75 Å². The molecule has 0 radical (unpaired) electrons. The van der Waals surface area contributed by atoms with Gasteiger partial charge in [0.25, 0.3) is 0 Å². The van der Waals surface area contributed by atoms with Crippen LogP contribution in [0.25, 0.3) is 0 Å². The maximum atomic E-state index is 6.04. The fraction of sp³-hybridized carbons (Fsp3) is 0.682. The van der Waals surface area contributed by atoms with E-state index in [0.717, 1.165) is 44.4 Å². The highest BCUT2D eigenvalue weighted by Gasteiger charge is 2.58. The lowest BCUT2D eigenvalue weighted by Gasteiger charge is -2.60. The van der Waals surface area contributed by atoms with E-state index >= 15 is 0 Å². The summed E-state index contributed by atoms with van der Waals surface area (Å²) in [7, 11) is 0. The van der Waals surface area contributed by atoms with Crippen molar-refractivity contribution in [3.05, 3.63) is 29.8 Å². The zero-order chi connectivity index (χ0) is 18.9. The Balaban J connectivity index is 0.00000225. The lowest BCUT2D eigenvalue weighted by molar-refractivity contribution is -0.188. The SMILES string of the molecule is CCNC(=NCC1CCOc2ccccc21)NC1C2CCCOC2C1(C)C.I. The van der Waals surface area contributed by atoms with Crippen LogP contribution in [0.15, 0.2) is 29.3 Å². The molecule has 156 valence electrons. The number of hydrogen-bond acceptors (Lipinski definition) is 3. The molecule has 1 saturated heterocycles. The van der Waals surface area contributed by atoms with Crippen molar-refractivity contribution in [3.63, 3.8) is 0 Å². The quantitative estimate of drug-likeness (QED) is 0.375. The highest BCUT2D eigenvalue weighted by Crippen LogP contribution is 2.51. The molecule has 1 saturated carbocycles. The highest BCUT2D eigenvalue weighted by atomic mass is 127. The third-order valence-electron chi connectivity index (χ3n) is 6.52. The molecule has 6 heteroatoms. The Morgan fingerprint density at radius 1 is 1.21 bits per heavy atom. The standard InChI is InChI=1S/C22H33N3O2.HI/c1-4-23-21(25-19-17-9-7-12-27-20(17)22(19,2)3)24-14-15-11-13-26-18-10-6-5-8-16(15)18;/h5-6,8,10,15,17,19-20H,4,7,9,11-14H2,1-3H3,(H2,23,24,25);1H. The van der Waals surface area contributed by atoms with E-state index in [0.29, 0.717) is 24.0 Å². The van der Waals surface area contributed by atoms with Crippen LogP contribution in [0.3, 0.4) is 0 Å². The van der Waals surface area contributed by atoms with Crippen molar-refractivity contribution in [2.24, 2.45) is 16.3 Å². The van der Waals surface area contributed by atoms with Gasteiger partial charge in [-0.25, -0.2) is 0 Å². The summed E-state index contributed by atoms with van der Waals surface area (Å²) in [5.74, 6) is 2.97. The molecule has 4 atom stereocenters. The summed E-state index contributed by atoms with van der Waals surface area (Å²) in [4.78, 5) is 4.96. The van der Waals surface area contributed by atoms with Gasteiger partial charge in [0.2, 0.25) is 0 Å². The molecule has 1 aromatic carbocycles. The van der Waals surface area contributed by atoms with Gasteiger partial charge < -0.3 is 20.1 Å². The molecule has 1 aliphatic carbocycles. The van der Waals surface area contributed by atoms with Crippen molar-refractivity contribution in [2.75, 3.05) is 26.3 Å². The Hall–Kier alpha value is -1.02. The van der Waals surface area contributed by atoms with Gasteiger partial charge >= 0.3 is 0 Å². The number of ether oxygens (including phenoxy) is 2. The van der Waals surface area contributed by atoms with Crippen molar-refractivity contribution >= 4 is 29.9 Å². The maximum absolute atomic E-state index is 6.04. The average molecular weight is 499 g/mol. The zero-order valence-corrected chi connectivity index (χ0v) is 19.6. The van der Waals surface area contributed by atoms with Crippen molar-refractivity contribution < 1.29 is 9.47 Å². The minimum absolute atomic E-state index is 0. The molecule has 0 aromatic heterocycles. The second-order valence-electron chi connectivity index (χ2n) is 8.63. The number of nitrogens with one attached hydrogen (secondary N) is 2. The fourth-order valence-corrected chi connectivity index (χ4v) is 5.09. The van der Waals surface area contributed by atoms with E-state index in [-0.39, 0.29) is 29.4 Å². The summed E-state index contributed by atoms with van der Waals surface area (Å²) >= 11 is 0. The van der Waals surface area contributed by atoms with E-state index in [1.165, 1.54) is 18.4 Å². The lowest BCUT2D eigenvalue weighted by atomic mass is 9.55. The molecular weight excluding hydrogens is 465 g/mol. The molecule has 0 amide bonds. The average Bonchev–Trinajstić information content (AvgIpc) is 2.70. The third-order valence-corrected chi connectivity index (χ3v) is 6.52. The first-order valence-electron chi connectivity index (χ1n) is 10.5. The smallest absolute Gasteiger partial charge is 0.191 e. The van der Waals surface area contributed by atoms with Crippen molar-refractivity contribution in [1.29, 1.82) is 0 Å². The first-order valence-corrected chi connectivity index (χ1v) is 10.5. The van der Waals surface area contributed by atoms with E-state index in [4.69, 9.17) is 14.5 Å². The second kappa shape index (κ2) is 9.20. The van der Waals surface area contributed by atoms with Crippen LogP contribution in [0.5, 0.6) is 5.75 Å². The highest BCUT2D eigenvalue weighted by molar-refractivity contribution is 14.0. The molecule has 1 aromatic rings. The number of fused-ring (bicyclic) bond motifs is 2. The van der Waals surface area contributed by atoms with Gasteiger partial charge in [-0.15, -0.1) is 24.0 Å². The lowest BCUT2D eigenvalue weighted by Crippen LogP contribution is -2.71. The number of nitrogens with zero attached hydrogens (tertiary/aromatic N) is 1. The number of para-hydroxylation sites is 1. The first-order chi connectivity index (χ1) is 13.1. The molecule has 0 bridgehead atoms. The van der Waals surface area contributed by atoms with Crippen molar-refractivity contribution in [1.82, 2.24) is 10.6 Å². The van der Waals surface area contributed by atoms with Crippen LogP contribution in [0.1, 0.15) is 51.5 Å². The Kier molecular flexibility index (Phi) is 7.12. The van der Waals surface area contributed by atoms with E-state index < -0.39 is 0 Å². The van der Waals surface area contributed by atoms with Crippen LogP contribution in [0.4, 0.5) is 0 Å². The van der Waals surface area contributed by atoms with Crippen LogP contribution in [0.2, 0.25) is 0 Å². The topological polar surface area (TPSA) is 54.9 Å². The van der Waals surface area contributed by atoms with E-state index in [1.807, 2.05) is 6.07 Å². The summed E-state index contributed by atoms with van der Waals surface area (Å²) in [6.07, 6.45) is 3.82. The minimum Gasteiger partial charge on any atom is -0.493 e. The van der Waals surface area contributed by atoms with Gasteiger partial charge in [-0.1, -0.05) is 32.0 Å². The maximum Gasteiger partial charge on any atom is 0.191 e. The summed E-state index contributed by atoms with van der Waals surface area (Å²) in [6.45, 7) is 10.1. The van der Waals surface area contributed by atoms with Gasteiger partial charge in [0.15, 0.2) is 5.96 Å².